The van der Waals surface area contributed by atoms with Gasteiger partial charge in [0, 0.05) is 11.4 Å². The zero-order valence-electron chi connectivity index (χ0n) is 15.2. The monoisotopic (exact) mass is 350 g/mol. The summed E-state index contributed by atoms with van der Waals surface area (Å²) in [6, 6.07) is 0.184. The van der Waals surface area contributed by atoms with E-state index in [1.807, 2.05) is 32.9 Å². The van der Waals surface area contributed by atoms with E-state index in [4.69, 9.17) is 0 Å². The Balaban J connectivity index is 1.81. The van der Waals surface area contributed by atoms with E-state index in [1.165, 1.54) is 5.57 Å². The van der Waals surface area contributed by atoms with Crippen molar-refractivity contribution in [2.24, 2.45) is 5.92 Å². The standard InChI is InChI=1S/C19H30N2O2S/c1-5-14-6-10-16(11-7-14)20-18(22)15-8-12-17(13-9-15)21-24(23)19(2,3)4/h6-8,10,12,15-17,21H,5,9,11,13H2,1-4H3,(H,20,22). The van der Waals surface area contributed by atoms with E-state index in [0.29, 0.717) is 0 Å². The molecule has 4 unspecified atom stereocenters. The normalized spacial score (nSPS) is 28.4. The van der Waals surface area contributed by atoms with Crippen LogP contribution in [0.1, 0.15) is 53.4 Å². The highest BCUT2D eigenvalue weighted by atomic mass is 32.2. The molecular formula is C19H30N2O2S. The predicted octanol–water partition coefficient (Wildman–Crippen LogP) is 3.15. The second-order valence-electron chi connectivity index (χ2n) is 7.52. The lowest BCUT2D eigenvalue weighted by Gasteiger charge is -2.29. The molecule has 0 spiro atoms. The van der Waals surface area contributed by atoms with Crippen LogP contribution in [-0.2, 0) is 16.2 Å². The molecule has 0 saturated heterocycles. The summed E-state index contributed by atoms with van der Waals surface area (Å²) < 4.78 is 15.0. The zero-order chi connectivity index (χ0) is 17.7. The maximum Gasteiger partial charge on any atom is 0.227 e. The highest BCUT2D eigenvalue weighted by molar-refractivity contribution is 7.90. The fourth-order valence-corrected chi connectivity index (χ4v) is 3.60. The number of carbonyl (C=O) groups excluding carboxylic acids is 1. The van der Waals surface area contributed by atoms with Gasteiger partial charge >= 0.3 is 0 Å². The number of carbonyl (C=O) groups is 1. The minimum atomic E-state index is -1.08. The van der Waals surface area contributed by atoms with Gasteiger partial charge in [-0.2, -0.15) is 0 Å². The molecule has 0 radical (unpaired) electrons. The molecule has 24 heavy (non-hydrogen) atoms. The van der Waals surface area contributed by atoms with Crippen molar-refractivity contribution in [3.8, 4) is 0 Å². The smallest absolute Gasteiger partial charge is 0.227 e. The summed E-state index contributed by atoms with van der Waals surface area (Å²) in [4.78, 5) is 12.4. The van der Waals surface area contributed by atoms with Crippen LogP contribution < -0.4 is 10.0 Å². The minimum Gasteiger partial charge on any atom is -0.598 e. The maximum absolute atomic E-state index is 12.4. The van der Waals surface area contributed by atoms with Crippen molar-refractivity contribution >= 4 is 17.3 Å². The van der Waals surface area contributed by atoms with Crippen LogP contribution in [0, 0.1) is 5.92 Å². The van der Waals surface area contributed by atoms with Crippen LogP contribution in [0.2, 0.25) is 0 Å². The number of hydrogen-bond acceptors (Lipinski definition) is 3. The fraction of sp³-hybridized carbons (Fsp3) is 0.632. The van der Waals surface area contributed by atoms with Gasteiger partial charge in [-0.3, -0.25) is 4.79 Å². The molecule has 4 nitrogen and oxygen atoms in total. The summed E-state index contributed by atoms with van der Waals surface area (Å²) in [5.74, 6) is 0.000663. The second-order valence-corrected chi connectivity index (χ2v) is 9.51. The van der Waals surface area contributed by atoms with E-state index in [-0.39, 0.29) is 28.7 Å². The van der Waals surface area contributed by atoms with Crippen molar-refractivity contribution < 1.29 is 9.35 Å². The van der Waals surface area contributed by atoms with Crippen molar-refractivity contribution in [2.45, 2.75) is 70.2 Å². The average Bonchev–Trinajstić information content (AvgIpc) is 2.55. The third kappa shape index (κ3) is 5.50. The Bertz CT molecular complexity index is 534. The Morgan fingerprint density at radius 1 is 1.25 bits per heavy atom. The van der Waals surface area contributed by atoms with Gasteiger partial charge in [-0.05, 0) is 46.5 Å². The van der Waals surface area contributed by atoms with Crippen molar-refractivity contribution in [3.63, 3.8) is 0 Å². The SMILES string of the molecule is CCC1=CCC(NC(=O)C2C=CC(N[S+]([O-])C(C)(C)C)CC2)C=C1. The highest BCUT2D eigenvalue weighted by Gasteiger charge is 2.30. The molecule has 0 aromatic carbocycles. The lowest BCUT2D eigenvalue weighted by molar-refractivity contribution is -0.124. The molecule has 2 rings (SSSR count). The van der Waals surface area contributed by atoms with Crippen LogP contribution in [-0.4, -0.2) is 27.3 Å². The van der Waals surface area contributed by atoms with Crippen LogP contribution >= 0.6 is 0 Å². The van der Waals surface area contributed by atoms with Crippen LogP contribution in [0.15, 0.2) is 36.0 Å². The summed E-state index contributed by atoms with van der Waals surface area (Å²) in [5.41, 5.74) is 1.33. The second kappa shape index (κ2) is 8.37. The van der Waals surface area contributed by atoms with Gasteiger partial charge < -0.3 is 9.87 Å². The number of allylic oxidation sites excluding steroid dienone is 2. The molecule has 2 N–H and O–H groups in total. The topological polar surface area (TPSA) is 64.2 Å². The lowest BCUT2D eigenvalue weighted by atomic mass is 9.92. The molecule has 0 aliphatic heterocycles. The first-order valence-electron chi connectivity index (χ1n) is 8.83. The Hall–Kier alpha value is -1.04. The molecule has 5 heteroatoms. The van der Waals surface area contributed by atoms with Crippen LogP contribution in [0.4, 0.5) is 0 Å². The van der Waals surface area contributed by atoms with Crippen molar-refractivity contribution in [3.05, 3.63) is 36.0 Å². The number of hydrogen-bond donors (Lipinski definition) is 2. The Morgan fingerprint density at radius 3 is 2.50 bits per heavy atom. The Kier molecular flexibility index (Phi) is 6.72. The van der Waals surface area contributed by atoms with Gasteiger partial charge in [-0.1, -0.05) is 42.9 Å². The van der Waals surface area contributed by atoms with Gasteiger partial charge in [-0.25, -0.2) is 0 Å². The van der Waals surface area contributed by atoms with E-state index in [0.717, 1.165) is 25.7 Å². The molecular weight excluding hydrogens is 320 g/mol. The highest BCUT2D eigenvalue weighted by Crippen LogP contribution is 2.22. The van der Waals surface area contributed by atoms with E-state index in [2.05, 4.69) is 35.2 Å². The molecule has 2 aliphatic rings. The van der Waals surface area contributed by atoms with Crippen LogP contribution in [0.3, 0.4) is 0 Å². The number of amides is 1. The van der Waals surface area contributed by atoms with E-state index in [9.17, 15) is 9.35 Å². The third-order valence-corrected chi connectivity index (χ3v) is 6.06. The predicted molar refractivity (Wildman–Crippen MR) is 101 cm³/mol. The Labute approximate surface area is 149 Å². The summed E-state index contributed by atoms with van der Waals surface area (Å²) >= 11 is -1.08. The van der Waals surface area contributed by atoms with E-state index in [1.54, 1.807) is 0 Å². The molecule has 1 amide bonds. The molecule has 0 saturated carbocycles. The summed E-state index contributed by atoms with van der Waals surface area (Å²) in [6.45, 7) is 8.00. The van der Waals surface area contributed by atoms with E-state index >= 15 is 0 Å². The maximum atomic E-state index is 12.4. The molecule has 134 valence electrons. The summed E-state index contributed by atoms with van der Waals surface area (Å²) in [6.07, 6.45) is 13.9. The van der Waals surface area contributed by atoms with Gasteiger partial charge in [0.15, 0.2) is 0 Å². The number of rotatable bonds is 5. The zero-order valence-corrected chi connectivity index (χ0v) is 16.0. The van der Waals surface area contributed by atoms with Gasteiger partial charge in [0.05, 0.1) is 18.0 Å². The average molecular weight is 351 g/mol. The quantitative estimate of drug-likeness (QED) is 0.591. The van der Waals surface area contributed by atoms with Crippen molar-refractivity contribution in [1.29, 1.82) is 0 Å². The molecule has 0 heterocycles. The first-order chi connectivity index (χ1) is 11.3. The molecule has 2 aliphatic carbocycles. The van der Waals surface area contributed by atoms with Gasteiger partial charge in [-0.15, -0.1) is 4.72 Å². The molecule has 0 aromatic heterocycles. The van der Waals surface area contributed by atoms with Crippen molar-refractivity contribution in [1.82, 2.24) is 10.0 Å². The van der Waals surface area contributed by atoms with Gasteiger partial charge in [0.2, 0.25) is 5.91 Å². The lowest BCUT2D eigenvalue weighted by Crippen LogP contribution is -2.45. The largest absolute Gasteiger partial charge is 0.598 e. The van der Waals surface area contributed by atoms with Crippen molar-refractivity contribution in [2.75, 3.05) is 0 Å². The summed E-state index contributed by atoms with van der Waals surface area (Å²) in [5, 5.41) is 3.11. The molecule has 4 atom stereocenters. The number of nitrogens with one attached hydrogen (secondary N) is 2. The van der Waals surface area contributed by atoms with Gasteiger partial charge in [0.25, 0.3) is 0 Å². The Morgan fingerprint density at radius 2 is 2.00 bits per heavy atom. The van der Waals surface area contributed by atoms with Crippen LogP contribution in [0.25, 0.3) is 0 Å². The van der Waals surface area contributed by atoms with Crippen LogP contribution in [0.5, 0.6) is 0 Å². The third-order valence-electron chi connectivity index (χ3n) is 4.43. The van der Waals surface area contributed by atoms with Gasteiger partial charge in [0.1, 0.15) is 4.75 Å². The minimum absolute atomic E-state index is 0.0822. The fourth-order valence-electron chi connectivity index (χ4n) is 2.77. The first kappa shape index (κ1) is 19.3. The molecule has 0 aromatic rings. The molecule has 0 bridgehead atoms. The first-order valence-corrected chi connectivity index (χ1v) is 9.98. The summed E-state index contributed by atoms with van der Waals surface area (Å²) in [7, 11) is 0. The van der Waals surface area contributed by atoms with E-state index < -0.39 is 11.4 Å². The molecule has 0 fully saturated rings.